The predicted molar refractivity (Wildman–Crippen MR) is 135 cm³/mol. The van der Waals surface area contributed by atoms with Gasteiger partial charge in [-0.1, -0.05) is 30.3 Å². The molecule has 2 aliphatic rings. The lowest BCUT2D eigenvalue weighted by Crippen LogP contribution is -2.49. The van der Waals surface area contributed by atoms with Crippen LogP contribution in [0.1, 0.15) is 10.4 Å². The van der Waals surface area contributed by atoms with Crippen molar-refractivity contribution in [3.05, 3.63) is 90.5 Å². The molecular formula is C28H24N4O4. The number of rotatable bonds is 5. The maximum absolute atomic E-state index is 13.3. The van der Waals surface area contributed by atoms with E-state index in [4.69, 9.17) is 14.2 Å². The second-order valence-corrected chi connectivity index (χ2v) is 8.54. The highest BCUT2D eigenvalue weighted by atomic mass is 16.7. The van der Waals surface area contributed by atoms with Crippen molar-refractivity contribution < 1.29 is 19.0 Å². The number of amides is 1. The first-order valence-electron chi connectivity index (χ1n) is 11.8. The molecule has 8 heteroatoms. The first kappa shape index (κ1) is 21.9. The Balaban J connectivity index is 1.11. The first-order valence-corrected chi connectivity index (χ1v) is 11.8. The SMILES string of the molecule is O=C(c1ccccc1Oc1ccccc1)N1CCN(c2ccc(-c3ccc4c(c3)OCO4)nn2)CC1. The Labute approximate surface area is 208 Å². The fourth-order valence-corrected chi connectivity index (χ4v) is 4.36. The number of ether oxygens (including phenoxy) is 3. The molecule has 0 saturated carbocycles. The maximum atomic E-state index is 13.3. The Morgan fingerprint density at radius 2 is 1.56 bits per heavy atom. The fourth-order valence-electron chi connectivity index (χ4n) is 4.36. The first-order chi connectivity index (χ1) is 17.7. The van der Waals surface area contributed by atoms with E-state index in [-0.39, 0.29) is 12.7 Å². The van der Waals surface area contributed by atoms with Crippen LogP contribution in [0.3, 0.4) is 0 Å². The molecule has 3 heterocycles. The van der Waals surface area contributed by atoms with E-state index in [1.54, 1.807) is 0 Å². The number of anilines is 1. The number of benzene rings is 3. The third-order valence-electron chi connectivity index (χ3n) is 6.30. The number of nitrogens with zero attached hydrogens (tertiary/aromatic N) is 4. The van der Waals surface area contributed by atoms with Crippen molar-refractivity contribution in [2.24, 2.45) is 0 Å². The summed E-state index contributed by atoms with van der Waals surface area (Å²) in [5.74, 6) is 3.47. The highest BCUT2D eigenvalue weighted by molar-refractivity contribution is 5.97. The van der Waals surface area contributed by atoms with E-state index in [1.807, 2.05) is 89.8 Å². The highest BCUT2D eigenvalue weighted by Crippen LogP contribution is 2.35. The van der Waals surface area contributed by atoms with Gasteiger partial charge in [-0.3, -0.25) is 4.79 Å². The minimum absolute atomic E-state index is 0.0366. The normalized spacial score (nSPS) is 14.6. The zero-order valence-electron chi connectivity index (χ0n) is 19.5. The van der Waals surface area contributed by atoms with Crippen molar-refractivity contribution in [2.45, 2.75) is 0 Å². The molecule has 4 aromatic rings. The molecular weight excluding hydrogens is 456 g/mol. The Bertz CT molecular complexity index is 1370. The van der Waals surface area contributed by atoms with Gasteiger partial charge in [0.2, 0.25) is 6.79 Å². The predicted octanol–water partition coefficient (Wildman–Crippen LogP) is 4.63. The van der Waals surface area contributed by atoms with Gasteiger partial charge in [0, 0.05) is 31.7 Å². The summed E-state index contributed by atoms with van der Waals surface area (Å²) in [5.41, 5.74) is 2.24. The molecule has 0 atom stereocenters. The van der Waals surface area contributed by atoms with Gasteiger partial charge in [0.05, 0.1) is 11.3 Å². The van der Waals surface area contributed by atoms with Crippen LogP contribution in [0, 0.1) is 0 Å². The molecule has 3 aromatic carbocycles. The van der Waals surface area contributed by atoms with Crippen molar-refractivity contribution in [3.63, 3.8) is 0 Å². The molecule has 1 amide bonds. The van der Waals surface area contributed by atoms with Gasteiger partial charge in [0.25, 0.3) is 5.91 Å². The van der Waals surface area contributed by atoms with Gasteiger partial charge in [0.1, 0.15) is 11.5 Å². The van der Waals surface area contributed by atoms with E-state index >= 15 is 0 Å². The minimum Gasteiger partial charge on any atom is -0.457 e. The molecule has 8 nitrogen and oxygen atoms in total. The second-order valence-electron chi connectivity index (χ2n) is 8.54. The number of carbonyl (C=O) groups excluding carboxylic acids is 1. The Kier molecular flexibility index (Phi) is 5.83. The molecule has 1 saturated heterocycles. The van der Waals surface area contributed by atoms with Gasteiger partial charge < -0.3 is 24.0 Å². The van der Waals surface area contributed by atoms with Crippen LogP contribution >= 0.6 is 0 Å². The number of piperazine rings is 1. The van der Waals surface area contributed by atoms with E-state index in [2.05, 4.69) is 15.1 Å². The molecule has 0 bridgehead atoms. The van der Waals surface area contributed by atoms with Gasteiger partial charge in [-0.2, -0.15) is 0 Å². The van der Waals surface area contributed by atoms with Crippen LogP contribution in [0.15, 0.2) is 84.9 Å². The highest BCUT2D eigenvalue weighted by Gasteiger charge is 2.25. The summed E-state index contributed by atoms with van der Waals surface area (Å²) in [5, 5.41) is 8.86. The summed E-state index contributed by atoms with van der Waals surface area (Å²) in [6, 6.07) is 26.5. The Morgan fingerprint density at radius 3 is 2.36 bits per heavy atom. The monoisotopic (exact) mass is 480 g/mol. The van der Waals surface area contributed by atoms with Crippen LogP contribution in [0.25, 0.3) is 11.3 Å². The molecule has 0 radical (unpaired) electrons. The molecule has 1 aromatic heterocycles. The van der Waals surface area contributed by atoms with Crippen LogP contribution in [-0.4, -0.2) is 54.0 Å². The van der Waals surface area contributed by atoms with Crippen molar-refractivity contribution in [2.75, 3.05) is 37.9 Å². The van der Waals surface area contributed by atoms with Crippen LogP contribution < -0.4 is 19.1 Å². The smallest absolute Gasteiger partial charge is 0.257 e. The lowest BCUT2D eigenvalue weighted by atomic mass is 10.1. The number of hydrogen-bond acceptors (Lipinski definition) is 7. The summed E-state index contributed by atoms with van der Waals surface area (Å²) in [4.78, 5) is 17.3. The summed E-state index contributed by atoms with van der Waals surface area (Å²) >= 11 is 0. The zero-order chi connectivity index (χ0) is 24.3. The van der Waals surface area contributed by atoms with E-state index in [0.717, 1.165) is 28.6 Å². The lowest BCUT2D eigenvalue weighted by Gasteiger charge is -2.35. The van der Waals surface area contributed by atoms with E-state index in [9.17, 15) is 4.79 Å². The number of aromatic nitrogens is 2. The maximum Gasteiger partial charge on any atom is 0.257 e. The van der Waals surface area contributed by atoms with Gasteiger partial charge in [-0.25, -0.2) is 0 Å². The number of fused-ring (bicyclic) bond motifs is 1. The standard InChI is InChI=1S/C28H24N4O4/c33-28(22-8-4-5-9-24(22)36-21-6-2-1-3-7-21)32-16-14-31(15-17-32)27-13-11-23(29-30-27)20-10-12-25-26(18-20)35-19-34-25/h1-13,18H,14-17,19H2. The van der Waals surface area contributed by atoms with Gasteiger partial charge in [-0.15, -0.1) is 10.2 Å². The molecule has 36 heavy (non-hydrogen) atoms. The third kappa shape index (κ3) is 4.40. The van der Waals surface area contributed by atoms with E-state index in [1.165, 1.54) is 0 Å². The molecule has 6 rings (SSSR count). The van der Waals surface area contributed by atoms with Crippen LogP contribution in [-0.2, 0) is 0 Å². The van der Waals surface area contributed by atoms with Gasteiger partial charge in [0.15, 0.2) is 17.3 Å². The number of para-hydroxylation sites is 2. The van der Waals surface area contributed by atoms with Crippen LogP contribution in [0.5, 0.6) is 23.0 Å². The van der Waals surface area contributed by atoms with Gasteiger partial charge in [-0.05, 0) is 54.6 Å². The van der Waals surface area contributed by atoms with Crippen molar-refractivity contribution in [1.29, 1.82) is 0 Å². The number of hydrogen-bond donors (Lipinski definition) is 0. The van der Waals surface area contributed by atoms with Gasteiger partial charge >= 0.3 is 0 Å². The topological polar surface area (TPSA) is 77.0 Å². The van der Waals surface area contributed by atoms with Crippen molar-refractivity contribution in [3.8, 4) is 34.3 Å². The third-order valence-corrected chi connectivity index (χ3v) is 6.30. The summed E-state index contributed by atoms with van der Waals surface area (Å²) in [7, 11) is 0. The Hall–Kier alpha value is -4.59. The summed E-state index contributed by atoms with van der Waals surface area (Å²) < 4.78 is 16.8. The molecule has 180 valence electrons. The average Bonchev–Trinajstić information content (AvgIpc) is 3.42. The van der Waals surface area contributed by atoms with E-state index in [0.29, 0.717) is 43.2 Å². The largest absolute Gasteiger partial charge is 0.457 e. The lowest BCUT2D eigenvalue weighted by molar-refractivity contribution is 0.0744. The van der Waals surface area contributed by atoms with Crippen LogP contribution in [0.4, 0.5) is 5.82 Å². The summed E-state index contributed by atoms with van der Waals surface area (Å²) in [6.45, 7) is 2.76. The average molecular weight is 481 g/mol. The zero-order valence-corrected chi connectivity index (χ0v) is 19.5. The molecule has 0 unspecified atom stereocenters. The molecule has 2 aliphatic heterocycles. The molecule has 0 spiro atoms. The fraction of sp³-hybridized carbons (Fsp3) is 0.179. The molecule has 1 fully saturated rings. The minimum atomic E-state index is -0.0366. The number of carbonyl (C=O) groups is 1. The Morgan fingerprint density at radius 1 is 0.778 bits per heavy atom. The quantitative estimate of drug-likeness (QED) is 0.412. The second kappa shape index (κ2) is 9.58. The van der Waals surface area contributed by atoms with Crippen LogP contribution in [0.2, 0.25) is 0 Å². The molecule has 0 aliphatic carbocycles. The van der Waals surface area contributed by atoms with Crippen molar-refractivity contribution >= 4 is 11.7 Å². The summed E-state index contributed by atoms with van der Waals surface area (Å²) in [6.07, 6.45) is 0. The van der Waals surface area contributed by atoms with E-state index < -0.39 is 0 Å². The molecule has 0 N–H and O–H groups in total. The van der Waals surface area contributed by atoms with Crippen molar-refractivity contribution in [1.82, 2.24) is 15.1 Å².